The highest BCUT2D eigenvalue weighted by Crippen LogP contribution is 2.51. The Labute approximate surface area is 198 Å². The Kier molecular flexibility index (Phi) is 6.64. The lowest BCUT2D eigenvalue weighted by Gasteiger charge is -2.52. The number of aliphatic hydroxyl groups is 1. The molecule has 1 amide bonds. The number of hydrogen-bond donors (Lipinski definition) is 1. The summed E-state index contributed by atoms with van der Waals surface area (Å²) < 4.78 is 28.4. The van der Waals surface area contributed by atoms with Gasteiger partial charge in [-0.1, -0.05) is 50.1 Å². The summed E-state index contributed by atoms with van der Waals surface area (Å²) in [6, 6.07) is 10.9. The first-order valence-corrected chi connectivity index (χ1v) is 12.0. The van der Waals surface area contributed by atoms with Gasteiger partial charge in [-0.05, 0) is 26.2 Å². The Morgan fingerprint density at radius 2 is 1.88 bits per heavy atom. The van der Waals surface area contributed by atoms with E-state index in [4.69, 9.17) is 0 Å². The molecule has 6 nitrogen and oxygen atoms in total. The second kappa shape index (κ2) is 9.21. The molecule has 2 aromatic rings. The van der Waals surface area contributed by atoms with Crippen molar-refractivity contribution in [1.29, 1.82) is 0 Å². The Morgan fingerprint density at radius 1 is 1.21 bits per heavy atom. The number of aromatic nitrogens is 2. The van der Waals surface area contributed by atoms with Crippen LogP contribution in [0.3, 0.4) is 0 Å². The van der Waals surface area contributed by atoms with Crippen molar-refractivity contribution in [3.8, 4) is 11.3 Å². The molecule has 0 bridgehead atoms. The maximum absolute atomic E-state index is 13.5. The molecule has 1 aromatic heterocycles. The molecule has 4 rings (SSSR count). The summed E-state index contributed by atoms with van der Waals surface area (Å²) >= 11 is 0. The number of halogens is 2. The summed E-state index contributed by atoms with van der Waals surface area (Å²) in [5.74, 6) is -3.99. The zero-order valence-electron chi connectivity index (χ0n) is 19.8. The molecular weight excluding hydrogens is 440 g/mol. The molecule has 1 saturated heterocycles. The van der Waals surface area contributed by atoms with E-state index in [1.807, 2.05) is 30.3 Å². The molecule has 184 valence electrons. The van der Waals surface area contributed by atoms with Crippen molar-refractivity contribution < 1.29 is 18.7 Å². The molecule has 0 unspecified atom stereocenters. The van der Waals surface area contributed by atoms with Crippen molar-refractivity contribution in [2.75, 3.05) is 13.1 Å². The lowest BCUT2D eigenvalue weighted by molar-refractivity contribution is -0.164. The van der Waals surface area contributed by atoms with Gasteiger partial charge in [0.25, 0.3) is 5.56 Å². The molecule has 1 N–H and O–H groups in total. The highest BCUT2D eigenvalue weighted by Gasteiger charge is 2.56. The van der Waals surface area contributed by atoms with Crippen molar-refractivity contribution in [3.63, 3.8) is 0 Å². The molecule has 1 aliphatic heterocycles. The third kappa shape index (κ3) is 4.92. The lowest BCUT2D eigenvalue weighted by atomic mass is 9.65. The first-order chi connectivity index (χ1) is 16.0. The average Bonchev–Trinajstić information content (AvgIpc) is 3.26. The van der Waals surface area contributed by atoms with Gasteiger partial charge in [0.2, 0.25) is 11.8 Å². The van der Waals surface area contributed by atoms with Crippen LogP contribution in [0.25, 0.3) is 11.3 Å². The molecule has 1 aliphatic carbocycles. The third-order valence-corrected chi connectivity index (χ3v) is 7.62. The smallest absolute Gasteiger partial charge is 0.253 e. The van der Waals surface area contributed by atoms with Gasteiger partial charge >= 0.3 is 0 Å². The van der Waals surface area contributed by atoms with Crippen LogP contribution in [-0.2, 0) is 11.3 Å². The summed E-state index contributed by atoms with van der Waals surface area (Å²) in [4.78, 5) is 31.9. The Hall–Kier alpha value is -2.61. The summed E-state index contributed by atoms with van der Waals surface area (Å²) in [6.45, 7) is 3.08. The minimum Gasteiger partial charge on any atom is -0.387 e. The largest absolute Gasteiger partial charge is 0.387 e. The summed E-state index contributed by atoms with van der Waals surface area (Å²) in [7, 11) is 0. The van der Waals surface area contributed by atoms with E-state index in [9.17, 15) is 23.5 Å². The van der Waals surface area contributed by atoms with Crippen LogP contribution in [0.5, 0.6) is 0 Å². The number of amides is 1. The molecule has 2 fully saturated rings. The number of carbonyl (C=O) groups is 1. The van der Waals surface area contributed by atoms with E-state index in [0.29, 0.717) is 18.7 Å². The van der Waals surface area contributed by atoms with Crippen LogP contribution in [0.4, 0.5) is 8.78 Å². The highest BCUT2D eigenvalue weighted by atomic mass is 19.3. The Morgan fingerprint density at radius 3 is 2.50 bits per heavy atom. The van der Waals surface area contributed by atoms with Gasteiger partial charge < -0.3 is 10.0 Å². The summed E-state index contributed by atoms with van der Waals surface area (Å²) in [5, 5.41) is 11.9. The van der Waals surface area contributed by atoms with Crippen molar-refractivity contribution in [2.45, 2.75) is 70.4 Å². The van der Waals surface area contributed by atoms with E-state index < -0.39 is 29.3 Å². The second-order valence-corrected chi connectivity index (χ2v) is 10.3. The predicted octanol–water partition coefficient (Wildman–Crippen LogP) is 4.12. The van der Waals surface area contributed by atoms with Gasteiger partial charge in [0.05, 0.1) is 24.2 Å². The van der Waals surface area contributed by atoms with E-state index in [2.05, 4.69) is 4.98 Å². The normalized spacial score (nSPS) is 23.3. The molecule has 1 spiro atoms. The molecule has 8 heteroatoms. The number of carbonyl (C=O) groups excluding carboxylic acids is 1. The Balaban J connectivity index is 1.55. The van der Waals surface area contributed by atoms with E-state index in [0.717, 1.165) is 38.2 Å². The van der Waals surface area contributed by atoms with E-state index in [1.165, 1.54) is 17.0 Å². The number of piperidine rings is 1. The number of likely N-dealkylation sites (tertiary alicyclic amines) is 1. The number of nitrogens with zero attached hydrogens (tertiary/aromatic N) is 3. The minimum absolute atomic E-state index is 0.0958. The van der Waals surface area contributed by atoms with Gasteiger partial charge in [-0.15, -0.1) is 0 Å². The zero-order valence-corrected chi connectivity index (χ0v) is 19.8. The van der Waals surface area contributed by atoms with Gasteiger partial charge in [-0.3, -0.25) is 14.2 Å². The maximum Gasteiger partial charge on any atom is 0.253 e. The SMILES string of the molecule is C[C@H](CC(C)(F)F)C(=O)N1CC[C@@](O)(Cn2cnc(-c3ccccc3)cc2=O)C2(CCCC2)C1. The zero-order chi connectivity index (χ0) is 24.6. The van der Waals surface area contributed by atoms with E-state index in [-0.39, 0.29) is 24.6 Å². The highest BCUT2D eigenvalue weighted by molar-refractivity contribution is 5.78. The summed E-state index contributed by atoms with van der Waals surface area (Å²) in [5.41, 5.74) is -0.569. The van der Waals surface area contributed by atoms with Crippen molar-refractivity contribution in [3.05, 3.63) is 53.1 Å². The van der Waals surface area contributed by atoms with E-state index in [1.54, 1.807) is 11.8 Å². The van der Waals surface area contributed by atoms with Gasteiger partial charge in [0.15, 0.2) is 0 Å². The fourth-order valence-electron chi connectivity index (χ4n) is 5.82. The van der Waals surface area contributed by atoms with E-state index >= 15 is 0 Å². The third-order valence-electron chi connectivity index (χ3n) is 7.62. The Bertz CT molecular complexity index is 1080. The molecule has 34 heavy (non-hydrogen) atoms. The van der Waals surface area contributed by atoms with Crippen LogP contribution in [0.1, 0.15) is 52.4 Å². The molecule has 2 heterocycles. The number of benzene rings is 1. The molecule has 1 saturated carbocycles. The second-order valence-electron chi connectivity index (χ2n) is 10.3. The van der Waals surface area contributed by atoms with Crippen LogP contribution in [0, 0.1) is 11.3 Å². The van der Waals surface area contributed by atoms with Crippen LogP contribution >= 0.6 is 0 Å². The fourth-order valence-corrected chi connectivity index (χ4v) is 5.82. The van der Waals surface area contributed by atoms with Crippen LogP contribution in [-0.4, -0.2) is 50.1 Å². The monoisotopic (exact) mass is 473 g/mol. The van der Waals surface area contributed by atoms with Crippen molar-refractivity contribution in [2.24, 2.45) is 11.3 Å². The molecule has 1 aromatic carbocycles. The quantitative estimate of drug-likeness (QED) is 0.685. The summed E-state index contributed by atoms with van der Waals surface area (Å²) in [6.07, 6.45) is 4.59. The lowest BCUT2D eigenvalue weighted by Crippen LogP contribution is -2.62. The van der Waals surface area contributed by atoms with Gasteiger partial charge in [-0.25, -0.2) is 13.8 Å². The van der Waals surface area contributed by atoms with Crippen molar-refractivity contribution in [1.82, 2.24) is 14.5 Å². The van der Waals surface area contributed by atoms with Crippen LogP contribution < -0.4 is 5.56 Å². The van der Waals surface area contributed by atoms with Crippen molar-refractivity contribution >= 4 is 5.91 Å². The van der Waals surface area contributed by atoms with Gasteiger partial charge in [0.1, 0.15) is 0 Å². The number of hydrogen-bond acceptors (Lipinski definition) is 4. The fraction of sp³-hybridized carbons (Fsp3) is 0.577. The number of rotatable bonds is 6. The predicted molar refractivity (Wildman–Crippen MR) is 125 cm³/mol. The molecule has 2 atom stereocenters. The first kappa shape index (κ1) is 24.5. The van der Waals surface area contributed by atoms with Crippen LogP contribution in [0.15, 0.2) is 47.5 Å². The van der Waals surface area contributed by atoms with Gasteiger partial charge in [-0.2, -0.15) is 0 Å². The average molecular weight is 474 g/mol. The number of alkyl halides is 2. The standard InChI is InChI=1S/C26H33F2N3O3/c1-19(15-24(2,27)28)23(33)30-13-12-26(34,25(16-30)10-6-7-11-25)17-31-18-29-21(14-22(31)32)20-8-4-3-5-9-20/h3-5,8-9,14,18-19,34H,6-7,10-13,15-17H2,1-2H3/t19-,26-/m1/s1. The molecular formula is C26H33F2N3O3. The molecule has 0 radical (unpaired) electrons. The minimum atomic E-state index is -2.91. The van der Waals surface area contributed by atoms with Gasteiger partial charge in [0, 0.05) is 42.5 Å². The van der Waals surface area contributed by atoms with Crippen LogP contribution in [0.2, 0.25) is 0 Å². The molecule has 2 aliphatic rings. The first-order valence-electron chi connectivity index (χ1n) is 12.0. The topological polar surface area (TPSA) is 75.4 Å². The maximum atomic E-state index is 13.5.